The van der Waals surface area contributed by atoms with Crippen molar-refractivity contribution < 1.29 is 27.1 Å². The molecule has 0 radical (unpaired) electrons. The second kappa shape index (κ2) is 16.5. The van der Waals surface area contributed by atoms with Gasteiger partial charge in [-0.15, -0.1) is 24.8 Å². The van der Waals surface area contributed by atoms with Crippen molar-refractivity contribution in [1.29, 1.82) is 0 Å². The van der Waals surface area contributed by atoms with Crippen LogP contribution in [-0.2, 0) is 38.0 Å². The average molecular weight is 668 g/mol. The van der Waals surface area contributed by atoms with Crippen LogP contribution >= 0.6 is 24.8 Å². The second-order valence-corrected chi connectivity index (χ2v) is 11.9. The highest BCUT2D eigenvalue weighted by molar-refractivity contribution is 7.89. The summed E-state index contributed by atoms with van der Waals surface area (Å²) >= 11 is 0. The molecule has 0 bridgehead atoms. The molecule has 0 saturated carbocycles. The molecule has 1 heterocycles. The molecular weight excluding hydrogens is 630 g/mol. The van der Waals surface area contributed by atoms with Gasteiger partial charge in [0.15, 0.2) is 0 Å². The van der Waals surface area contributed by atoms with Crippen molar-refractivity contribution in [3.05, 3.63) is 102 Å². The number of rotatable bonds is 13. The van der Waals surface area contributed by atoms with Gasteiger partial charge in [-0.05, 0) is 72.7 Å². The van der Waals surface area contributed by atoms with Crippen LogP contribution in [0.3, 0.4) is 0 Å². The Morgan fingerprint density at radius 1 is 1.09 bits per heavy atom. The summed E-state index contributed by atoms with van der Waals surface area (Å²) in [5, 5.41) is 5.95. The van der Waals surface area contributed by atoms with E-state index in [0.717, 1.165) is 22.8 Å². The molecule has 1 aliphatic carbocycles. The minimum Gasteiger partial charge on any atom is -0.497 e. The van der Waals surface area contributed by atoms with E-state index in [1.54, 1.807) is 19.5 Å². The fourth-order valence-corrected chi connectivity index (χ4v) is 6.30. The SMILES string of the molecule is COc1ccc2c(c1)CC=CC2(Cc1cccnc1)NC(=O)[C@H](CCCCNS(=O)(=O)c1ccccc1F)NC(C)=O.Cl.Cl. The number of methoxy groups -OCH3 is 1. The monoisotopic (exact) mass is 666 g/mol. The molecule has 1 aliphatic rings. The molecule has 238 valence electrons. The van der Waals surface area contributed by atoms with Gasteiger partial charge in [-0.3, -0.25) is 14.6 Å². The van der Waals surface area contributed by atoms with E-state index >= 15 is 0 Å². The zero-order chi connectivity index (χ0) is 30.2. The molecule has 2 atom stereocenters. The quantitative estimate of drug-likeness (QED) is 0.183. The number of hydrogen-bond acceptors (Lipinski definition) is 6. The first-order valence-corrected chi connectivity index (χ1v) is 15.2. The van der Waals surface area contributed by atoms with Crippen molar-refractivity contribution in [2.75, 3.05) is 13.7 Å². The summed E-state index contributed by atoms with van der Waals surface area (Å²) in [5.74, 6) is -0.841. The van der Waals surface area contributed by atoms with E-state index < -0.39 is 32.3 Å². The number of halogens is 3. The van der Waals surface area contributed by atoms with Crippen molar-refractivity contribution in [3.8, 4) is 5.75 Å². The number of hydrogen-bond donors (Lipinski definition) is 3. The number of carbonyl (C=O) groups excluding carboxylic acids is 2. The summed E-state index contributed by atoms with van der Waals surface area (Å²) in [6.45, 7) is 1.39. The van der Waals surface area contributed by atoms with Crippen molar-refractivity contribution in [2.24, 2.45) is 0 Å². The zero-order valence-electron chi connectivity index (χ0n) is 24.4. The maximum atomic E-state index is 14.0. The van der Waals surface area contributed by atoms with E-state index in [9.17, 15) is 22.4 Å². The standard InChI is InChI=1S/C31H35FN4O5S.2ClH/c1-22(37)35-28(12-5-6-18-34-42(39,40)29-13-4-3-11-27(29)32)30(38)36-31(20-23-9-8-17-33-21-23)16-7-10-24-19-25(41-2)14-15-26(24)31;;/h3-4,7-9,11,13-17,19,21,28,34H,5-6,10,12,18,20H2,1-2H3,(H,35,37)(H,36,38);2*1H/t28-,31?;;/m0../s1. The van der Waals surface area contributed by atoms with Gasteiger partial charge in [-0.25, -0.2) is 17.5 Å². The fourth-order valence-electron chi connectivity index (χ4n) is 5.15. The Balaban J connectivity index is 0.00000337. The number of ether oxygens (including phenoxy) is 1. The molecule has 2 aromatic carbocycles. The van der Waals surface area contributed by atoms with Gasteiger partial charge in [0.2, 0.25) is 21.8 Å². The predicted molar refractivity (Wildman–Crippen MR) is 171 cm³/mol. The number of carbonyl (C=O) groups is 2. The number of sulfonamides is 1. The molecule has 3 aromatic rings. The Labute approximate surface area is 269 Å². The van der Waals surface area contributed by atoms with Crippen LogP contribution in [0.15, 0.2) is 84.0 Å². The number of unbranched alkanes of at least 4 members (excludes halogenated alkanes) is 1. The first-order chi connectivity index (χ1) is 20.1. The number of pyridine rings is 1. The molecule has 0 saturated heterocycles. The number of aromatic nitrogens is 1. The molecule has 0 aliphatic heterocycles. The number of allylic oxidation sites excluding steroid dienone is 1. The highest BCUT2D eigenvalue weighted by Crippen LogP contribution is 2.36. The van der Waals surface area contributed by atoms with Gasteiger partial charge in [-0.1, -0.05) is 36.4 Å². The van der Waals surface area contributed by atoms with Crippen molar-refractivity contribution in [2.45, 2.75) is 55.5 Å². The third-order valence-electron chi connectivity index (χ3n) is 7.12. The van der Waals surface area contributed by atoms with Gasteiger partial charge in [-0.2, -0.15) is 0 Å². The Morgan fingerprint density at radius 2 is 1.86 bits per heavy atom. The third kappa shape index (κ3) is 9.25. The van der Waals surface area contributed by atoms with E-state index in [0.29, 0.717) is 31.4 Å². The van der Waals surface area contributed by atoms with Crippen LogP contribution in [0.1, 0.15) is 42.9 Å². The van der Waals surface area contributed by atoms with Gasteiger partial charge < -0.3 is 15.4 Å². The second-order valence-electron chi connectivity index (χ2n) is 10.2. The van der Waals surface area contributed by atoms with Gasteiger partial charge in [0.05, 0.1) is 12.6 Å². The Bertz CT molecular complexity index is 1560. The van der Waals surface area contributed by atoms with E-state index in [2.05, 4.69) is 20.3 Å². The smallest absolute Gasteiger partial charge is 0.243 e. The number of nitrogens with zero attached hydrogens (tertiary/aromatic N) is 1. The molecule has 13 heteroatoms. The summed E-state index contributed by atoms with van der Waals surface area (Å²) < 4.78 is 46.7. The van der Waals surface area contributed by atoms with E-state index in [1.165, 1.54) is 25.1 Å². The lowest BCUT2D eigenvalue weighted by molar-refractivity contribution is -0.129. The molecular formula is C31H37Cl2FN4O5S. The maximum absolute atomic E-state index is 14.0. The van der Waals surface area contributed by atoms with Crippen LogP contribution in [0.25, 0.3) is 0 Å². The fraction of sp³-hybridized carbons (Fsp3) is 0.323. The van der Waals surface area contributed by atoms with Gasteiger partial charge >= 0.3 is 0 Å². The van der Waals surface area contributed by atoms with Crippen LogP contribution in [0.2, 0.25) is 0 Å². The first-order valence-electron chi connectivity index (χ1n) is 13.7. The van der Waals surface area contributed by atoms with Crippen molar-refractivity contribution >= 4 is 46.7 Å². The Kier molecular flexibility index (Phi) is 13.8. The van der Waals surface area contributed by atoms with Crippen LogP contribution < -0.4 is 20.1 Å². The number of nitrogens with one attached hydrogen (secondary N) is 3. The van der Waals surface area contributed by atoms with Gasteiger partial charge in [0.1, 0.15) is 22.5 Å². The minimum atomic E-state index is -4.01. The summed E-state index contributed by atoms with van der Waals surface area (Å²) in [4.78, 5) is 29.6. The highest BCUT2D eigenvalue weighted by Gasteiger charge is 2.37. The zero-order valence-corrected chi connectivity index (χ0v) is 26.9. The first kappa shape index (κ1) is 36.7. The molecule has 1 unspecified atom stereocenters. The third-order valence-corrected chi connectivity index (χ3v) is 8.61. The largest absolute Gasteiger partial charge is 0.497 e. The average Bonchev–Trinajstić information content (AvgIpc) is 2.96. The summed E-state index contributed by atoms with van der Waals surface area (Å²) in [5.41, 5.74) is 1.96. The van der Waals surface area contributed by atoms with Gasteiger partial charge in [0, 0.05) is 32.3 Å². The Hall–Kier alpha value is -3.51. The van der Waals surface area contributed by atoms with Crippen LogP contribution in [-0.4, -0.2) is 44.9 Å². The molecule has 1 aromatic heterocycles. The molecule has 3 N–H and O–H groups in total. The van der Waals surface area contributed by atoms with Crippen molar-refractivity contribution in [1.82, 2.24) is 20.3 Å². The summed E-state index contributed by atoms with van der Waals surface area (Å²) in [6.07, 6.45) is 9.62. The molecule has 0 spiro atoms. The molecule has 4 rings (SSSR count). The summed E-state index contributed by atoms with van der Waals surface area (Å²) in [7, 11) is -2.41. The molecule has 44 heavy (non-hydrogen) atoms. The van der Waals surface area contributed by atoms with E-state index in [-0.39, 0.29) is 49.6 Å². The maximum Gasteiger partial charge on any atom is 0.243 e. The number of amides is 2. The normalized spacial score (nSPS) is 16.0. The number of fused-ring (bicyclic) bond motifs is 1. The van der Waals surface area contributed by atoms with Crippen LogP contribution in [0, 0.1) is 5.82 Å². The Morgan fingerprint density at radius 3 is 2.55 bits per heavy atom. The summed E-state index contributed by atoms with van der Waals surface area (Å²) in [6, 6.07) is 13.8. The predicted octanol–water partition coefficient (Wildman–Crippen LogP) is 4.39. The van der Waals surface area contributed by atoms with E-state index in [4.69, 9.17) is 4.74 Å². The van der Waals surface area contributed by atoms with Crippen LogP contribution in [0.4, 0.5) is 4.39 Å². The highest BCUT2D eigenvalue weighted by atomic mass is 35.5. The van der Waals surface area contributed by atoms with Crippen molar-refractivity contribution in [3.63, 3.8) is 0 Å². The van der Waals surface area contributed by atoms with E-state index in [1.807, 2.05) is 42.5 Å². The van der Waals surface area contributed by atoms with Crippen LogP contribution in [0.5, 0.6) is 5.75 Å². The topological polar surface area (TPSA) is 126 Å². The number of benzene rings is 2. The molecule has 9 nitrogen and oxygen atoms in total. The molecule has 0 fully saturated rings. The van der Waals surface area contributed by atoms with Gasteiger partial charge in [0.25, 0.3) is 0 Å². The lowest BCUT2D eigenvalue weighted by Crippen LogP contribution is -2.54. The molecule has 2 amide bonds. The minimum absolute atomic E-state index is 0. The lowest BCUT2D eigenvalue weighted by Gasteiger charge is -2.38. The lowest BCUT2D eigenvalue weighted by atomic mass is 9.77.